The summed E-state index contributed by atoms with van der Waals surface area (Å²) in [5, 5.41) is 19.6. The van der Waals surface area contributed by atoms with Crippen molar-refractivity contribution in [2.75, 3.05) is 13.1 Å². The lowest BCUT2D eigenvalue weighted by atomic mass is 9.95. The number of aliphatic carboxylic acids is 1. The summed E-state index contributed by atoms with van der Waals surface area (Å²) in [6, 6.07) is 0. The molecule has 1 aliphatic heterocycles. The van der Waals surface area contributed by atoms with E-state index in [-0.39, 0.29) is 5.60 Å². The van der Waals surface area contributed by atoms with Gasteiger partial charge in [-0.25, -0.2) is 4.79 Å². The molecule has 0 spiro atoms. The summed E-state index contributed by atoms with van der Waals surface area (Å²) in [7, 11) is 0. The fraction of sp³-hybridized carbons (Fsp3) is 0.875. The van der Waals surface area contributed by atoms with Gasteiger partial charge in [0.15, 0.2) is 0 Å². The molecule has 1 saturated heterocycles. The van der Waals surface area contributed by atoms with E-state index in [2.05, 4.69) is 5.32 Å². The van der Waals surface area contributed by atoms with E-state index in [1.807, 2.05) is 6.92 Å². The third-order valence-corrected chi connectivity index (χ3v) is 1.92. The van der Waals surface area contributed by atoms with E-state index in [1.54, 1.807) is 0 Å². The molecule has 0 aromatic heterocycles. The van der Waals surface area contributed by atoms with Gasteiger partial charge in [-0.05, 0) is 32.9 Å². The maximum absolute atomic E-state index is 10.6. The van der Waals surface area contributed by atoms with Crippen LogP contribution in [0.15, 0.2) is 0 Å². The van der Waals surface area contributed by atoms with Crippen LogP contribution in [0.5, 0.6) is 0 Å². The number of piperidine rings is 1. The van der Waals surface area contributed by atoms with Gasteiger partial charge in [0, 0.05) is 0 Å². The number of carbonyl (C=O) groups is 1. The van der Waals surface area contributed by atoms with Crippen molar-refractivity contribution in [1.82, 2.24) is 5.32 Å². The lowest BCUT2D eigenvalue weighted by molar-refractivity contribution is -0.192. The van der Waals surface area contributed by atoms with Crippen molar-refractivity contribution in [3.8, 4) is 0 Å². The molecule has 0 aromatic carbocycles. The van der Waals surface area contributed by atoms with Gasteiger partial charge in [-0.3, -0.25) is 0 Å². The molecule has 7 heteroatoms. The lowest BCUT2D eigenvalue weighted by Crippen LogP contribution is -2.39. The quantitative estimate of drug-likeness (QED) is 0.573. The first-order chi connectivity index (χ1) is 6.65. The number of hydrogen-bond acceptors (Lipinski definition) is 3. The summed E-state index contributed by atoms with van der Waals surface area (Å²) in [6.07, 6.45) is -3.29. The Morgan fingerprint density at radius 2 is 1.67 bits per heavy atom. The van der Waals surface area contributed by atoms with Crippen molar-refractivity contribution in [1.29, 1.82) is 0 Å². The molecule has 0 atom stereocenters. The highest BCUT2D eigenvalue weighted by molar-refractivity contribution is 5.73. The number of halogens is 3. The summed E-state index contributed by atoms with van der Waals surface area (Å²) < 4.78 is 31.7. The minimum Gasteiger partial charge on any atom is -0.475 e. The molecule has 1 fully saturated rings. The average Bonchev–Trinajstić information content (AvgIpc) is 2.02. The number of hydrogen-bond donors (Lipinski definition) is 3. The summed E-state index contributed by atoms with van der Waals surface area (Å²) in [5.74, 6) is -2.76. The number of alkyl halides is 3. The van der Waals surface area contributed by atoms with Gasteiger partial charge < -0.3 is 15.5 Å². The van der Waals surface area contributed by atoms with Crippen LogP contribution in [-0.4, -0.2) is 41.0 Å². The first-order valence-corrected chi connectivity index (χ1v) is 4.38. The zero-order valence-corrected chi connectivity index (χ0v) is 8.26. The van der Waals surface area contributed by atoms with Crippen LogP contribution in [0.1, 0.15) is 19.8 Å². The van der Waals surface area contributed by atoms with Crippen LogP contribution in [0.4, 0.5) is 13.2 Å². The Kier molecular flexibility index (Phi) is 5.02. The standard InChI is InChI=1S/C6H13NO.C2HF3O2/c1-6(8)2-4-7-5-3-6;3-2(4,5)1(6)7/h7-8H,2-5H2,1H3;(H,6,7). The number of carboxylic acid groups (broad SMARTS) is 1. The van der Waals surface area contributed by atoms with Gasteiger partial charge in [0.05, 0.1) is 5.60 Å². The van der Waals surface area contributed by atoms with Crippen LogP contribution in [0, 0.1) is 0 Å². The van der Waals surface area contributed by atoms with Crippen molar-refractivity contribution in [3.63, 3.8) is 0 Å². The Morgan fingerprint density at radius 1 is 1.33 bits per heavy atom. The second-order valence-electron chi connectivity index (χ2n) is 3.55. The van der Waals surface area contributed by atoms with Gasteiger partial charge in [0.2, 0.25) is 0 Å². The topological polar surface area (TPSA) is 69.6 Å². The van der Waals surface area contributed by atoms with E-state index in [4.69, 9.17) is 9.90 Å². The number of carboxylic acids is 1. The van der Waals surface area contributed by atoms with E-state index in [0.29, 0.717) is 0 Å². The third-order valence-electron chi connectivity index (χ3n) is 1.92. The monoisotopic (exact) mass is 229 g/mol. The first-order valence-electron chi connectivity index (χ1n) is 4.38. The average molecular weight is 229 g/mol. The highest BCUT2D eigenvalue weighted by atomic mass is 19.4. The third kappa shape index (κ3) is 7.15. The Bertz CT molecular complexity index is 208. The maximum atomic E-state index is 10.6. The van der Waals surface area contributed by atoms with Crippen molar-refractivity contribution in [3.05, 3.63) is 0 Å². The lowest BCUT2D eigenvalue weighted by Gasteiger charge is -2.27. The normalized spacial score (nSPS) is 20.1. The fourth-order valence-electron chi connectivity index (χ4n) is 0.965. The molecule has 0 aliphatic carbocycles. The molecule has 90 valence electrons. The van der Waals surface area contributed by atoms with Crippen molar-refractivity contribution in [2.45, 2.75) is 31.5 Å². The molecule has 1 aliphatic rings. The SMILES string of the molecule is CC1(O)CCNCC1.O=C(O)C(F)(F)F. The van der Waals surface area contributed by atoms with E-state index >= 15 is 0 Å². The van der Waals surface area contributed by atoms with Gasteiger partial charge in [0.1, 0.15) is 0 Å². The molecule has 1 rings (SSSR count). The summed E-state index contributed by atoms with van der Waals surface area (Å²) in [4.78, 5) is 8.90. The van der Waals surface area contributed by atoms with Crippen LogP contribution < -0.4 is 5.32 Å². The van der Waals surface area contributed by atoms with E-state index in [0.717, 1.165) is 25.9 Å². The first kappa shape index (κ1) is 14.2. The molecular formula is C8H14F3NO3. The minimum absolute atomic E-state index is 0.384. The molecule has 0 radical (unpaired) electrons. The fourth-order valence-corrected chi connectivity index (χ4v) is 0.965. The summed E-state index contributed by atoms with van der Waals surface area (Å²) in [5.41, 5.74) is -0.384. The van der Waals surface area contributed by atoms with Gasteiger partial charge in [-0.15, -0.1) is 0 Å². The largest absolute Gasteiger partial charge is 0.490 e. The number of nitrogens with one attached hydrogen (secondary N) is 1. The predicted molar refractivity (Wildman–Crippen MR) is 46.4 cm³/mol. The van der Waals surface area contributed by atoms with Crippen molar-refractivity contribution in [2.24, 2.45) is 0 Å². The van der Waals surface area contributed by atoms with Crippen LogP contribution in [0.25, 0.3) is 0 Å². The van der Waals surface area contributed by atoms with E-state index < -0.39 is 12.1 Å². The van der Waals surface area contributed by atoms with Gasteiger partial charge in [0.25, 0.3) is 0 Å². The van der Waals surface area contributed by atoms with Crippen LogP contribution in [0.2, 0.25) is 0 Å². The Labute approximate surface area is 85.1 Å². The summed E-state index contributed by atoms with van der Waals surface area (Å²) in [6.45, 7) is 3.83. The highest BCUT2D eigenvalue weighted by Crippen LogP contribution is 2.15. The molecule has 0 saturated carbocycles. The van der Waals surface area contributed by atoms with Crippen molar-refractivity contribution < 1.29 is 28.2 Å². The number of aliphatic hydroxyl groups is 1. The zero-order valence-electron chi connectivity index (χ0n) is 8.26. The minimum atomic E-state index is -5.08. The molecule has 0 bridgehead atoms. The zero-order chi connectivity index (χ0) is 12.1. The molecule has 0 unspecified atom stereocenters. The van der Waals surface area contributed by atoms with Gasteiger partial charge >= 0.3 is 12.1 Å². The van der Waals surface area contributed by atoms with Crippen LogP contribution in [0.3, 0.4) is 0 Å². The maximum Gasteiger partial charge on any atom is 0.490 e. The molecule has 15 heavy (non-hydrogen) atoms. The molecule has 4 nitrogen and oxygen atoms in total. The number of rotatable bonds is 0. The highest BCUT2D eigenvalue weighted by Gasteiger charge is 2.38. The van der Waals surface area contributed by atoms with E-state index in [1.165, 1.54) is 0 Å². The second kappa shape index (κ2) is 5.32. The molecule has 1 heterocycles. The Balaban J connectivity index is 0.000000265. The van der Waals surface area contributed by atoms with E-state index in [9.17, 15) is 18.3 Å². The smallest absolute Gasteiger partial charge is 0.475 e. The summed E-state index contributed by atoms with van der Waals surface area (Å²) >= 11 is 0. The van der Waals surface area contributed by atoms with Gasteiger partial charge in [-0.1, -0.05) is 0 Å². The molecule has 3 N–H and O–H groups in total. The van der Waals surface area contributed by atoms with Gasteiger partial charge in [-0.2, -0.15) is 13.2 Å². The molecule has 0 aromatic rings. The predicted octanol–water partition coefficient (Wildman–Crippen LogP) is 0.754. The van der Waals surface area contributed by atoms with Crippen LogP contribution >= 0.6 is 0 Å². The molecule has 0 amide bonds. The Morgan fingerprint density at radius 3 is 1.80 bits per heavy atom. The second-order valence-corrected chi connectivity index (χ2v) is 3.55. The van der Waals surface area contributed by atoms with Crippen LogP contribution in [-0.2, 0) is 4.79 Å². The van der Waals surface area contributed by atoms with Crippen molar-refractivity contribution >= 4 is 5.97 Å². The Hall–Kier alpha value is -0.820. The molecular weight excluding hydrogens is 215 g/mol.